The molecule has 27 heavy (non-hydrogen) atoms. The fourth-order valence-corrected chi connectivity index (χ4v) is 2.79. The molecule has 0 saturated carbocycles. The first-order valence-electron chi connectivity index (χ1n) is 8.23. The topological polar surface area (TPSA) is 88.8 Å². The van der Waals surface area contributed by atoms with Gasteiger partial charge in [0.05, 0.1) is 18.4 Å². The lowest BCUT2D eigenvalue weighted by Gasteiger charge is -2.08. The Hall–Kier alpha value is -3.87. The predicted molar refractivity (Wildman–Crippen MR) is 101 cm³/mol. The van der Waals surface area contributed by atoms with Crippen LogP contribution in [0.25, 0.3) is 16.9 Å². The molecule has 2 N–H and O–H groups in total. The summed E-state index contributed by atoms with van der Waals surface area (Å²) < 4.78 is 6.44. The van der Waals surface area contributed by atoms with Gasteiger partial charge in [-0.15, -0.1) is 0 Å². The average Bonchev–Trinajstić information content (AvgIpc) is 3.13. The van der Waals surface area contributed by atoms with Crippen molar-refractivity contribution in [2.45, 2.75) is 0 Å². The molecule has 2 aromatic heterocycles. The highest BCUT2D eigenvalue weighted by atomic mass is 16.5. The number of aromatic nitrogens is 3. The molecule has 0 bridgehead atoms. The van der Waals surface area contributed by atoms with Gasteiger partial charge in [0.15, 0.2) is 5.65 Å². The number of methoxy groups -OCH3 is 1. The summed E-state index contributed by atoms with van der Waals surface area (Å²) >= 11 is 0. The summed E-state index contributed by atoms with van der Waals surface area (Å²) in [7, 11) is 1.35. The third-order valence-corrected chi connectivity index (χ3v) is 4.06. The van der Waals surface area contributed by atoms with Gasteiger partial charge >= 0.3 is 5.97 Å². The number of phenols is 1. The van der Waals surface area contributed by atoms with E-state index in [1.165, 1.54) is 7.11 Å². The van der Waals surface area contributed by atoms with Gasteiger partial charge in [-0.1, -0.05) is 18.2 Å². The van der Waals surface area contributed by atoms with Crippen LogP contribution in [0.3, 0.4) is 0 Å². The van der Waals surface area contributed by atoms with Crippen molar-refractivity contribution in [3.8, 4) is 17.0 Å². The Labute approximate surface area is 154 Å². The number of phenolic OH excluding ortho intramolecular Hbond substituents is 1. The minimum atomic E-state index is -0.398. The minimum absolute atomic E-state index is 0.172. The van der Waals surface area contributed by atoms with Crippen molar-refractivity contribution in [2.75, 3.05) is 12.4 Å². The van der Waals surface area contributed by atoms with Crippen LogP contribution in [0, 0.1) is 0 Å². The smallest absolute Gasteiger partial charge is 0.337 e. The second-order valence-electron chi connectivity index (χ2n) is 5.88. The summed E-state index contributed by atoms with van der Waals surface area (Å²) in [4.78, 5) is 16.1. The minimum Gasteiger partial charge on any atom is -0.508 e. The first-order valence-corrected chi connectivity index (χ1v) is 8.23. The molecule has 0 atom stereocenters. The van der Waals surface area contributed by atoms with Gasteiger partial charge < -0.3 is 15.2 Å². The number of aromatic hydroxyl groups is 1. The molecule has 2 heterocycles. The van der Waals surface area contributed by atoms with E-state index in [1.807, 2.05) is 18.2 Å². The number of nitrogens with one attached hydrogen (secondary N) is 1. The van der Waals surface area contributed by atoms with Crippen LogP contribution in [0.5, 0.6) is 5.75 Å². The monoisotopic (exact) mass is 360 g/mol. The number of anilines is 2. The van der Waals surface area contributed by atoms with Crippen LogP contribution < -0.4 is 5.32 Å². The van der Waals surface area contributed by atoms with Crippen LogP contribution in [-0.4, -0.2) is 32.8 Å². The Morgan fingerprint density at radius 3 is 2.78 bits per heavy atom. The Kier molecular flexibility index (Phi) is 4.18. The molecule has 0 saturated heterocycles. The van der Waals surface area contributed by atoms with Crippen LogP contribution in [-0.2, 0) is 4.74 Å². The number of carbonyl (C=O) groups excluding carboxylic acids is 1. The number of esters is 1. The molecule has 0 amide bonds. The molecule has 2 aromatic carbocycles. The van der Waals surface area contributed by atoms with Gasteiger partial charge in [0.1, 0.15) is 11.6 Å². The summed E-state index contributed by atoms with van der Waals surface area (Å²) in [5, 5.41) is 17.5. The van der Waals surface area contributed by atoms with Crippen LogP contribution >= 0.6 is 0 Å². The van der Waals surface area contributed by atoms with E-state index >= 15 is 0 Å². The van der Waals surface area contributed by atoms with Crippen molar-refractivity contribution in [3.63, 3.8) is 0 Å². The summed E-state index contributed by atoms with van der Waals surface area (Å²) in [5.74, 6) is 0.469. The molecule has 7 nitrogen and oxygen atoms in total. The lowest BCUT2D eigenvalue weighted by atomic mass is 10.1. The number of hydrogen-bond donors (Lipinski definition) is 2. The maximum absolute atomic E-state index is 11.8. The zero-order valence-corrected chi connectivity index (χ0v) is 14.5. The molecule has 0 spiro atoms. The molecule has 0 unspecified atom stereocenters. The SMILES string of the molecule is COC(=O)c1cccc(-c2cc3nccc(Nc4cccc(O)c4)n3n2)c1. The molecular weight excluding hydrogens is 344 g/mol. The van der Waals surface area contributed by atoms with Crippen molar-refractivity contribution in [3.05, 3.63) is 72.4 Å². The third-order valence-electron chi connectivity index (χ3n) is 4.06. The molecule has 134 valence electrons. The Balaban J connectivity index is 1.74. The lowest BCUT2D eigenvalue weighted by molar-refractivity contribution is 0.0601. The van der Waals surface area contributed by atoms with Gasteiger partial charge in [-0.25, -0.2) is 9.78 Å². The van der Waals surface area contributed by atoms with Crippen molar-refractivity contribution >= 4 is 23.1 Å². The van der Waals surface area contributed by atoms with Crippen LogP contribution in [0.4, 0.5) is 11.5 Å². The zero-order valence-electron chi connectivity index (χ0n) is 14.5. The van der Waals surface area contributed by atoms with Crippen LogP contribution in [0.15, 0.2) is 66.9 Å². The van der Waals surface area contributed by atoms with E-state index in [2.05, 4.69) is 15.4 Å². The van der Waals surface area contributed by atoms with Crippen molar-refractivity contribution in [1.29, 1.82) is 0 Å². The highest BCUT2D eigenvalue weighted by Gasteiger charge is 2.11. The number of ether oxygens (including phenoxy) is 1. The van der Waals surface area contributed by atoms with E-state index in [9.17, 15) is 9.90 Å². The Morgan fingerprint density at radius 2 is 1.96 bits per heavy atom. The van der Waals surface area contributed by atoms with E-state index in [-0.39, 0.29) is 5.75 Å². The fourth-order valence-electron chi connectivity index (χ4n) is 2.79. The number of nitrogens with zero attached hydrogens (tertiary/aromatic N) is 3. The molecule has 0 radical (unpaired) electrons. The lowest BCUT2D eigenvalue weighted by Crippen LogP contribution is -2.01. The zero-order chi connectivity index (χ0) is 18.8. The summed E-state index contributed by atoms with van der Waals surface area (Å²) in [6, 6.07) is 17.5. The largest absolute Gasteiger partial charge is 0.508 e. The van der Waals surface area contributed by atoms with Crippen LogP contribution in [0.1, 0.15) is 10.4 Å². The molecular formula is C20H16N4O3. The van der Waals surface area contributed by atoms with Gasteiger partial charge in [0, 0.05) is 29.6 Å². The number of hydrogen-bond acceptors (Lipinski definition) is 6. The maximum atomic E-state index is 11.8. The van der Waals surface area contributed by atoms with E-state index in [0.29, 0.717) is 22.7 Å². The summed E-state index contributed by atoms with van der Waals surface area (Å²) in [6.45, 7) is 0. The van der Waals surface area contributed by atoms with Gasteiger partial charge in [0.2, 0.25) is 0 Å². The van der Waals surface area contributed by atoms with Crippen LogP contribution in [0.2, 0.25) is 0 Å². The van der Waals surface area contributed by atoms with Gasteiger partial charge in [-0.3, -0.25) is 0 Å². The Morgan fingerprint density at radius 1 is 1.11 bits per heavy atom. The quantitative estimate of drug-likeness (QED) is 0.540. The average molecular weight is 360 g/mol. The van der Waals surface area contributed by atoms with E-state index in [4.69, 9.17) is 4.74 Å². The van der Waals surface area contributed by atoms with E-state index in [0.717, 1.165) is 11.3 Å². The second kappa shape index (κ2) is 6.80. The normalized spacial score (nSPS) is 10.7. The number of fused-ring (bicyclic) bond motifs is 1. The number of carbonyl (C=O) groups is 1. The molecule has 7 heteroatoms. The summed E-state index contributed by atoms with van der Waals surface area (Å²) in [6.07, 6.45) is 1.68. The third kappa shape index (κ3) is 3.30. The first-order chi connectivity index (χ1) is 13.1. The standard InChI is InChI=1S/C20H16N4O3/c1-27-20(26)14-5-2-4-13(10-14)17-12-19-21-9-8-18(24(19)23-17)22-15-6-3-7-16(25)11-15/h2-12,22,25H,1H3. The van der Waals surface area contributed by atoms with Gasteiger partial charge in [0.25, 0.3) is 0 Å². The molecule has 0 aliphatic heterocycles. The molecule has 0 aliphatic carbocycles. The van der Waals surface area contributed by atoms with E-state index in [1.54, 1.807) is 53.2 Å². The summed E-state index contributed by atoms with van der Waals surface area (Å²) in [5.41, 5.74) is 3.30. The fraction of sp³-hybridized carbons (Fsp3) is 0.0500. The molecule has 4 rings (SSSR count). The molecule has 4 aromatic rings. The van der Waals surface area contributed by atoms with Crippen molar-refractivity contribution in [1.82, 2.24) is 14.6 Å². The number of benzene rings is 2. The predicted octanol–water partition coefficient (Wildman–Crippen LogP) is 3.63. The maximum Gasteiger partial charge on any atom is 0.337 e. The highest BCUT2D eigenvalue weighted by Crippen LogP contribution is 2.24. The molecule has 0 aliphatic rings. The first kappa shape index (κ1) is 16.6. The highest BCUT2D eigenvalue weighted by molar-refractivity contribution is 5.90. The van der Waals surface area contributed by atoms with E-state index < -0.39 is 5.97 Å². The second-order valence-corrected chi connectivity index (χ2v) is 5.88. The molecule has 0 fully saturated rings. The van der Waals surface area contributed by atoms with Gasteiger partial charge in [-0.2, -0.15) is 9.61 Å². The number of rotatable bonds is 4. The van der Waals surface area contributed by atoms with Crippen molar-refractivity contribution < 1.29 is 14.6 Å². The van der Waals surface area contributed by atoms with Gasteiger partial charge in [-0.05, 0) is 30.3 Å². The Bertz CT molecular complexity index is 1140. The van der Waals surface area contributed by atoms with Crippen molar-refractivity contribution in [2.24, 2.45) is 0 Å².